The van der Waals surface area contributed by atoms with Gasteiger partial charge < -0.3 is 5.11 Å². The molecule has 0 radical (unpaired) electrons. The highest BCUT2D eigenvalue weighted by atomic mass is 32.2. The summed E-state index contributed by atoms with van der Waals surface area (Å²) in [6.07, 6.45) is 6.39. The smallest absolute Gasteiger partial charge is 0.215 e. The molecule has 0 bridgehead atoms. The predicted molar refractivity (Wildman–Crippen MR) is 89.8 cm³/mol. The van der Waals surface area contributed by atoms with Gasteiger partial charge in [0, 0.05) is 6.54 Å². The molecule has 1 rings (SSSR count). The standard InChI is InChI=1S/C15H25NO3S2/c1-20-10-5-3-2-4-9-16-21(18,19)13-15-8-6-7-14(11-15)12-17/h6-8,11,16-17H,2-5,9-10,12-13H2,1H3. The summed E-state index contributed by atoms with van der Waals surface area (Å²) in [6, 6.07) is 7.03. The number of sulfonamides is 1. The minimum absolute atomic E-state index is 0.0344. The lowest BCUT2D eigenvalue weighted by atomic mass is 10.1. The Morgan fingerprint density at radius 2 is 1.86 bits per heavy atom. The van der Waals surface area contributed by atoms with E-state index >= 15 is 0 Å². The zero-order valence-electron chi connectivity index (χ0n) is 12.5. The van der Waals surface area contributed by atoms with E-state index < -0.39 is 10.0 Å². The Kier molecular flexibility index (Phi) is 8.99. The maximum absolute atomic E-state index is 12.0. The van der Waals surface area contributed by atoms with Crippen LogP contribution in [0.3, 0.4) is 0 Å². The minimum atomic E-state index is -3.29. The topological polar surface area (TPSA) is 66.4 Å². The van der Waals surface area contributed by atoms with E-state index in [1.54, 1.807) is 24.3 Å². The molecule has 0 saturated heterocycles. The first kappa shape index (κ1) is 18.5. The van der Waals surface area contributed by atoms with Gasteiger partial charge in [-0.25, -0.2) is 13.1 Å². The number of benzene rings is 1. The van der Waals surface area contributed by atoms with E-state index in [0.29, 0.717) is 12.1 Å². The molecule has 4 nitrogen and oxygen atoms in total. The average Bonchev–Trinajstić information content (AvgIpc) is 2.46. The van der Waals surface area contributed by atoms with Crippen LogP contribution in [0.2, 0.25) is 0 Å². The second-order valence-corrected chi connectivity index (χ2v) is 7.83. The molecular weight excluding hydrogens is 306 g/mol. The molecule has 0 aliphatic carbocycles. The molecule has 0 amide bonds. The Balaban J connectivity index is 2.30. The summed E-state index contributed by atoms with van der Waals surface area (Å²) >= 11 is 1.84. The normalized spacial score (nSPS) is 11.7. The first-order valence-electron chi connectivity index (χ1n) is 7.22. The highest BCUT2D eigenvalue weighted by Crippen LogP contribution is 2.09. The fourth-order valence-corrected chi connectivity index (χ4v) is 3.71. The van der Waals surface area contributed by atoms with Gasteiger partial charge in [0.15, 0.2) is 0 Å². The van der Waals surface area contributed by atoms with E-state index in [1.807, 2.05) is 11.8 Å². The molecule has 6 heteroatoms. The van der Waals surface area contributed by atoms with E-state index in [-0.39, 0.29) is 12.4 Å². The molecule has 0 atom stereocenters. The number of thioether (sulfide) groups is 1. The average molecular weight is 332 g/mol. The van der Waals surface area contributed by atoms with E-state index in [2.05, 4.69) is 11.0 Å². The van der Waals surface area contributed by atoms with Gasteiger partial charge in [0.25, 0.3) is 0 Å². The maximum atomic E-state index is 12.0. The molecule has 21 heavy (non-hydrogen) atoms. The van der Waals surface area contributed by atoms with E-state index in [9.17, 15) is 8.42 Å². The van der Waals surface area contributed by atoms with E-state index in [1.165, 1.54) is 12.2 Å². The largest absolute Gasteiger partial charge is 0.392 e. The van der Waals surface area contributed by atoms with Crippen molar-refractivity contribution in [1.82, 2.24) is 4.72 Å². The van der Waals surface area contributed by atoms with Crippen LogP contribution in [0.15, 0.2) is 24.3 Å². The maximum Gasteiger partial charge on any atom is 0.215 e. The lowest BCUT2D eigenvalue weighted by Gasteiger charge is -2.07. The quantitative estimate of drug-likeness (QED) is 0.612. The lowest BCUT2D eigenvalue weighted by molar-refractivity contribution is 0.282. The van der Waals surface area contributed by atoms with Crippen molar-refractivity contribution < 1.29 is 13.5 Å². The van der Waals surface area contributed by atoms with Gasteiger partial charge in [0.2, 0.25) is 10.0 Å². The van der Waals surface area contributed by atoms with Crippen molar-refractivity contribution in [2.45, 2.75) is 38.0 Å². The number of aliphatic hydroxyl groups excluding tert-OH is 1. The van der Waals surface area contributed by atoms with E-state index in [0.717, 1.165) is 24.8 Å². The van der Waals surface area contributed by atoms with Crippen LogP contribution in [0.4, 0.5) is 0 Å². The van der Waals surface area contributed by atoms with Crippen LogP contribution in [0.1, 0.15) is 36.8 Å². The van der Waals surface area contributed by atoms with Gasteiger partial charge in [0.05, 0.1) is 12.4 Å². The molecule has 0 aliphatic heterocycles. The minimum Gasteiger partial charge on any atom is -0.392 e. The number of rotatable bonds is 11. The van der Waals surface area contributed by atoms with Gasteiger partial charge >= 0.3 is 0 Å². The number of unbranched alkanes of at least 4 members (excludes halogenated alkanes) is 3. The van der Waals surface area contributed by atoms with Crippen molar-refractivity contribution in [2.75, 3.05) is 18.6 Å². The first-order chi connectivity index (χ1) is 10.1. The molecular formula is C15H25NO3S2. The predicted octanol–water partition coefficient (Wildman–Crippen LogP) is 2.52. The highest BCUT2D eigenvalue weighted by molar-refractivity contribution is 7.98. The Labute approximate surface area is 132 Å². The van der Waals surface area contributed by atoms with Gasteiger partial charge in [-0.05, 0) is 36.0 Å². The molecule has 120 valence electrons. The monoisotopic (exact) mass is 331 g/mol. The number of hydrogen-bond acceptors (Lipinski definition) is 4. The Hall–Kier alpha value is -0.560. The number of aliphatic hydroxyl groups is 1. The van der Waals surface area contributed by atoms with Crippen molar-refractivity contribution in [2.24, 2.45) is 0 Å². The third kappa shape index (κ3) is 8.46. The Morgan fingerprint density at radius 3 is 2.57 bits per heavy atom. The van der Waals surface area contributed by atoms with Crippen molar-refractivity contribution in [3.8, 4) is 0 Å². The van der Waals surface area contributed by atoms with Crippen LogP contribution in [-0.4, -0.2) is 32.1 Å². The van der Waals surface area contributed by atoms with Gasteiger partial charge in [-0.1, -0.05) is 37.1 Å². The molecule has 2 N–H and O–H groups in total. The summed E-state index contributed by atoms with van der Waals surface area (Å²) < 4.78 is 26.6. The summed E-state index contributed by atoms with van der Waals surface area (Å²) in [5.74, 6) is 1.14. The van der Waals surface area contributed by atoms with E-state index in [4.69, 9.17) is 5.11 Å². The number of hydrogen-bond donors (Lipinski definition) is 2. The number of nitrogens with one attached hydrogen (secondary N) is 1. The summed E-state index contributed by atoms with van der Waals surface area (Å²) in [5.41, 5.74) is 1.44. The first-order valence-corrected chi connectivity index (χ1v) is 10.3. The van der Waals surface area contributed by atoms with Crippen molar-refractivity contribution in [1.29, 1.82) is 0 Å². The second kappa shape index (κ2) is 10.2. The van der Waals surface area contributed by atoms with Crippen LogP contribution in [-0.2, 0) is 22.4 Å². The Morgan fingerprint density at radius 1 is 1.14 bits per heavy atom. The Bertz CT molecular complexity index is 503. The summed E-state index contributed by atoms with van der Waals surface area (Å²) in [6.45, 7) is 0.429. The third-order valence-electron chi connectivity index (χ3n) is 3.13. The molecule has 0 fully saturated rings. The second-order valence-electron chi connectivity index (χ2n) is 5.04. The van der Waals surface area contributed by atoms with Crippen LogP contribution >= 0.6 is 11.8 Å². The molecule has 0 unspecified atom stereocenters. The third-order valence-corrected chi connectivity index (χ3v) is 5.18. The molecule has 1 aromatic carbocycles. The van der Waals surface area contributed by atoms with Gasteiger partial charge in [-0.15, -0.1) is 0 Å². The molecule has 0 spiro atoms. The van der Waals surface area contributed by atoms with Gasteiger partial charge in [-0.3, -0.25) is 0 Å². The van der Waals surface area contributed by atoms with Crippen LogP contribution in [0, 0.1) is 0 Å². The van der Waals surface area contributed by atoms with Crippen molar-refractivity contribution >= 4 is 21.8 Å². The van der Waals surface area contributed by atoms with Gasteiger partial charge in [-0.2, -0.15) is 11.8 Å². The highest BCUT2D eigenvalue weighted by Gasteiger charge is 2.10. The lowest BCUT2D eigenvalue weighted by Crippen LogP contribution is -2.26. The van der Waals surface area contributed by atoms with Gasteiger partial charge in [0.1, 0.15) is 0 Å². The SMILES string of the molecule is CSCCCCCCNS(=O)(=O)Cc1cccc(CO)c1. The molecule has 0 heterocycles. The molecule has 0 saturated carbocycles. The molecule has 0 aromatic heterocycles. The zero-order valence-corrected chi connectivity index (χ0v) is 14.2. The van der Waals surface area contributed by atoms with Crippen LogP contribution in [0.5, 0.6) is 0 Å². The fourth-order valence-electron chi connectivity index (χ4n) is 2.04. The summed E-state index contributed by atoms with van der Waals surface area (Å²) in [7, 11) is -3.29. The summed E-state index contributed by atoms with van der Waals surface area (Å²) in [4.78, 5) is 0. The summed E-state index contributed by atoms with van der Waals surface area (Å²) in [5, 5.41) is 9.06. The van der Waals surface area contributed by atoms with Crippen molar-refractivity contribution in [3.63, 3.8) is 0 Å². The van der Waals surface area contributed by atoms with Crippen LogP contribution < -0.4 is 4.72 Å². The molecule has 0 aliphatic rings. The van der Waals surface area contributed by atoms with Crippen molar-refractivity contribution in [3.05, 3.63) is 35.4 Å². The molecule has 1 aromatic rings. The van der Waals surface area contributed by atoms with Crippen LogP contribution in [0.25, 0.3) is 0 Å². The zero-order chi connectivity index (χ0) is 15.6. The fraction of sp³-hybridized carbons (Fsp3) is 0.600.